The molecule has 0 bridgehead atoms. The number of ether oxygens (including phenoxy) is 1. The lowest BCUT2D eigenvalue weighted by Crippen LogP contribution is -2.26. The Labute approximate surface area is 85.8 Å². The SMILES string of the molecule is CCOC(=O)C(C)(C)C/C=C(/C)CO. The molecule has 0 heterocycles. The van der Waals surface area contributed by atoms with Gasteiger partial charge in [0.2, 0.25) is 0 Å². The van der Waals surface area contributed by atoms with Crippen LogP contribution in [0.4, 0.5) is 0 Å². The summed E-state index contributed by atoms with van der Waals surface area (Å²) in [6.07, 6.45) is 2.47. The zero-order valence-corrected chi connectivity index (χ0v) is 9.46. The molecule has 0 spiro atoms. The van der Waals surface area contributed by atoms with Crippen LogP contribution in [0.5, 0.6) is 0 Å². The summed E-state index contributed by atoms with van der Waals surface area (Å²) >= 11 is 0. The minimum Gasteiger partial charge on any atom is -0.466 e. The molecule has 0 aromatic rings. The molecule has 3 heteroatoms. The normalized spacial score (nSPS) is 12.8. The summed E-state index contributed by atoms with van der Waals surface area (Å²) < 4.78 is 4.94. The van der Waals surface area contributed by atoms with E-state index < -0.39 is 5.41 Å². The molecule has 0 aliphatic rings. The number of allylic oxidation sites excluding steroid dienone is 1. The number of aliphatic hydroxyl groups excluding tert-OH is 1. The van der Waals surface area contributed by atoms with E-state index >= 15 is 0 Å². The van der Waals surface area contributed by atoms with Gasteiger partial charge < -0.3 is 9.84 Å². The maximum absolute atomic E-state index is 11.5. The second-order valence-corrected chi connectivity index (χ2v) is 4.02. The van der Waals surface area contributed by atoms with Crippen molar-refractivity contribution in [3.8, 4) is 0 Å². The number of carbonyl (C=O) groups excluding carboxylic acids is 1. The van der Waals surface area contributed by atoms with E-state index in [4.69, 9.17) is 9.84 Å². The lowest BCUT2D eigenvalue weighted by Gasteiger charge is -2.20. The van der Waals surface area contributed by atoms with Crippen LogP contribution < -0.4 is 0 Å². The van der Waals surface area contributed by atoms with Gasteiger partial charge in [0, 0.05) is 0 Å². The molecule has 1 N–H and O–H groups in total. The minimum atomic E-state index is -0.508. The summed E-state index contributed by atoms with van der Waals surface area (Å²) in [5.41, 5.74) is 0.370. The lowest BCUT2D eigenvalue weighted by molar-refractivity contribution is -0.153. The van der Waals surface area contributed by atoms with Crippen molar-refractivity contribution in [2.75, 3.05) is 13.2 Å². The Balaban J connectivity index is 4.26. The maximum atomic E-state index is 11.5. The molecule has 0 aromatic carbocycles. The fourth-order valence-corrected chi connectivity index (χ4v) is 0.904. The molecule has 0 unspecified atom stereocenters. The molecule has 3 nitrogen and oxygen atoms in total. The first-order valence-corrected chi connectivity index (χ1v) is 4.87. The van der Waals surface area contributed by atoms with E-state index in [2.05, 4.69) is 0 Å². The summed E-state index contributed by atoms with van der Waals surface area (Å²) in [5.74, 6) is -0.193. The van der Waals surface area contributed by atoms with Gasteiger partial charge in [-0.05, 0) is 34.1 Å². The number of hydrogen-bond acceptors (Lipinski definition) is 3. The summed E-state index contributed by atoms with van der Waals surface area (Å²) in [7, 11) is 0. The molecule has 0 aromatic heterocycles. The highest BCUT2D eigenvalue weighted by atomic mass is 16.5. The molecule has 0 saturated heterocycles. The van der Waals surface area contributed by atoms with Crippen LogP contribution in [-0.4, -0.2) is 24.3 Å². The van der Waals surface area contributed by atoms with Crippen molar-refractivity contribution in [1.82, 2.24) is 0 Å². The van der Waals surface area contributed by atoms with Gasteiger partial charge >= 0.3 is 5.97 Å². The molecule has 0 rings (SSSR count). The Hall–Kier alpha value is -0.830. The van der Waals surface area contributed by atoms with Gasteiger partial charge in [0.05, 0.1) is 18.6 Å². The van der Waals surface area contributed by atoms with Crippen LogP contribution in [0.2, 0.25) is 0 Å². The van der Waals surface area contributed by atoms with Gasteiger partial charge in [0.1, 0.15) is 0 Å². The largest absolute Gasteiger partial charge is 0.466 e. The lowest BCUT2D eigenvalue weighted by atomic mass is 9.88. The van der Waals surface area contributed by atoms with Crippen LogP contribution in [0.25, 0.3) is 0 Å². The third kappa shape index (κ3) is 4.42. The standard InChI is InChI=1S/C11H20O3/c1-5-14-10(13)11(3,4)7-6-9(2)8-12/h6,12H,5,7-8H2,1-4H3/b9-6-. The minimum absolute atomic E-state index is 0.0406. The Morgan fingerprint density at radius 2 is 2.07 bits per heavy atom. The molecule has 82 valence electrons. The van der Waals surface area contributed by atoms with Gasteiger partial charge in [-0.25, -0.2) is 0 Å². The maximum Gasteiger partial charge on any atom is 0.311 e. The Morgan fingerprint density at radius 3 is 2.50 bits per heavy atom. The van der Waals surface area contributed by atoms with E-state index in [1.54, 1.807) is 6.92 Å². The quantitative estimate of drug-likeness (QED) is 0.544. The smallest absolute Gasteiger partial charge is 0.311 e. The van der Waals surface area contributed by atoms with Crippen molar-refractivity contribution < 1.29 is 14.6 Å². The van der Waals surface area contributed by atoms with Crippen molar-refractivity contribution >= 4 is 5.97 Å². The van der Waals surface area contributed by atoms with E-state index in [0.29, 0.717) is 13.0 Å². The topological polar surface area (TPSA) is 46.5 Å². The van der Waals surface area contributed by atoms with Crippen molar-refractivity contribution in [1.29, 1.82) is 0 Å². The van der Waals surface area contributed by atoms with Crippen molar-refractivity contribution in [2.45, 2.75) is 34.1 Å². The van der Waals surface area contributed by atoms with Crippen LogP contribution in [0.3, 0.4) is 0 Å². The van der Waals surface area contributed by atoms with E-state index in [1.807, 2.05) is 26.8 Å². The molecule has 0 radical (unpaired) electrons. The van der Waals surface area contributed by atoms with Gasteiger partial charge in [-0.1, -0.05) is 11.6 Å². The highest BCUT2D eigenvalue weighted by Crippen LogP contribution is 2.23. The number of esters is 1. The molecule has 0 amide bonds. The zero-order valence-electron chi connectivity index (χ0n) is 9.46. The molecule has 0 aliphatic heterocycles. The highest BCUT2D eigenvalue weighted by Gasteiger charge is 2.27. The van der Waals surface area contributed by atoms with Gasteiger partial charge in [-0.15, -0.1) is 0 Å². The van der Waals surface area contributed by atoms with E-state index in [-0.39, 0.29) is 12.6 Å². The van der Waals surface area contributed by atoms with Gasteiger partial charge in [-0.2, -0.15) is 0 Å². The Bertz CT molecular complexity index is 217. The Kier molecular flexibility index (Phi) is 5.46. The summed E-state index contributed by atoms with van der Waals surface area (Å²) in [5, 5.41) is 8.79. The van der Waals surface area contributed by atoms with E-state index in [1.165, 1.54) is 0 Å². The van der Waals surface area contributed by atoms with Crippen LogP contribution in [0.15, 0.2) is 11.6 Å². The third-order valence-corrected chi connectivity index (χ3v) is 2.04. The molecule has 0 aliphatic carbocycles. The number of carbonyl (C=O) groups is 1. The molecule has 0 saturated carbocycles. The van der Waals surface area contributed by atoms with Gasteiger partial charge in [-0.3, -0.25) is 4.79 Å². The predicted octanol–water partition coefficient (Wildman–Crippen LogP) is 1.90. The molecule has 14 heavy (non-hydrogen) atoms. The molecular formula is C11H20O3. The van der Waals surface area contributed by atoms with Crippen molar-refractivity contribution in [2.24, 2.45) is 5.41 Å². The van der Waals surface area contributed by atoms with Crippen LogP contribution in [0.1, 0.15) is 34.1 Å². The van der Waals surface area contributed by atoms with Crippen molar-refractivity contribution in [3.63, 3.8) is 0 Å². The van der Waals surface area contributed by atoms with Crippen LogP contribution in [0, 0.1) is 5.41 Å². The average Bonchev–Trinajstić information content (AvgIpc) is 2.14. The molecule has 0 fully saturated rings. The van der Waals surface area contributed by atoms with Crippen LogP contribution in [-0.2, 0) is 9.53 Å². The first kappa shape index (κ1) is 13.2. The third-order valence-electron chi connectivity index (χ3n) is 2.04. The summed E-state index contributed by atoms with van der Waals surface area (Å²) in [6, 6.07) is 0. The number of rotatable bonds is 5. The zero-order chi connectivity index (χ0) is 11.2. The summed E-state index contributed by atoms with van der Waals surface area (Å²) in [4.78, 5) is 11.5. The van der Waals surface area contributed by atoms with Gasteiger partial charge in [0.15, 0.2) is 0 Å². The first-order chi connectivity index (χ1) is 6.44. The van der Waals surface area contributed by atoms with E-state index in [0.717, 1.165) is 5.57 Å². The van der Waals surface area contributed by atoms with Crippen LogP contribution >= 0.6 is 0 Å². The van der Waals surface area contributed by atoms with E-state index in [9.17, 15) is 4.79 Å². The Morgan fingerprint density at radius 1 is 1.50 bits per heavy atom. The molecule has 0 atom stereocenters. The second kappa shape index (κ2) is 5.81. The molecular weight excluding hydrogens is 180 g/mol. The van der Waals surface area contributed by atoms with Crippen molar-refractivity contribution in [3.05, 3.63) is 11.6 Å². The number of aliphatic hydroxyl groups is 1. The monoisotopic (exact) mass is 200 g/mol. The highest BCUT2D eigenvalue weighted by molar-refractivity contribution is 5.76. The fraction of sp³-hybridized carbons (Fsp3) is 0.727. The fourth-order valence-electron chi connectivity index (χ4n) is 0.904. The first-order valence-electron chi connectivity index (χ1n) is 4.87. The summed E-state index contributed by atoms with van der Waals surface area (Å²) in [6.45, 7) is 7.76. The van der Waals surface area contributed by atoms with Gasteiger partial charge in [0.25, 0.3) is 0 Å². The predicted molar refractivity (Wildman–Crippen MR) is 55.9 cm³/mol. The second-order valence-electron chi connectivity index (χ2n) is 4.02. The number of hydrogen-bond donors (Lipinski definition) is 1. The average molecular weight is 200 g/mol.